The van der Waals surface area contributed by atoms with Crippen LogP contribution in [0.5, 0.6) is 0 Å². The Balaban J connectivity index is 1.41. The fourth-order valence-electron chi connectivity index (χ4n) is 9.17. The summed E-state index contributed by atoms with van der Waals surface area (Å²) >= 11 is 0. The zero-order chi connectivity index (χ0) is 24.6. The van der Waals surface area contributed by atoms with Crippen molar-refractivity contribution in [3.05, 3.63) is 0 Å². The molecule has 5 rings (SSSR count). The molecule has 0 aromatic carbocycles. The van der Waals surface area contributed by atoms with Gasteiger partial charge in [0.2, 0.25) is 6.29 Å². The molecule has 1 aliphatic heterocycles. The van der Waals surface area contributed by atoms with Crippen LogP contribution in [0.1, 0.15) is 72.1 Å². The van der Waals surface area contributed by atoms with Crippen molar-refractivity contribution in [3.63, 3.8) is 0 Å². The monoisotopic (exact) mass is 480 g/mol. The first kappa shape index (κ1) is 24.6. The molecule has 2 bridgehead atoms. The molecule has 8 heteroatoms. The molecule has 1 heterocycles. The van der Waals surface area contributed by atoms with Crippen molar-refractivity contribution >= 4 is 11.8 Å². The number of hydrogen-bond acceptors (Lipinski definition) is 8. The van der Waals surface area contributed by atoms with Gasteiger partial charge in [-0.2, -0.15) is 0 Å². The molecule has 0 aromatic heterocycles. The van der Waals surface area contributed by atoms with Crippen molar-refractivity contribution in [2.75, 3.05) is 6.61 Å². The van der Waals surface area contributed by atoms with E-state index in [0.717, 1.165) is 37.5 Å². The first-order chi connectivity index (χ1) is 16.0. The maximum absolute atomic E-state index is 13.7. The molecule has 0 radical (unpaired) electrons. The Morgan fingerprint density at radius 3 is 2.47 bits per heavy atom. The third kappa shape index (κ3) is 3.28. The number of aliphatic hydroxyl groups excluding tert-OH is 4. The van der Waals surface area contributed by atoms with Gasteiger partial charge in [0.1, 0.15) is 35.6 Å². The van der Waals surface area contributed by atoms with Gasteiger partial charge in [0.05, 0.1) is 6.61 Å². The van der Waals surface area contributed by atoms with E-state index in [-0.39, 0.29) is 17.1 Å². The van der Waals surface area contributed by atoms with Gasteiger partial charge in [0.25, 0.3) is 0 Å². The summed E-state index contributed by atoms with van der Waals surface area (Å²) in [6, 6.07) is 0. The van der Waals surface area contributed by atoms with E-state index in [9.17, 15) is 30.0 Å². The molecule has 0 aromatic rings. The molecule has 4 N–H and O–H groups in total. The lowest BCUT2D eigenvalue weighted by atomic mass is 9.40. The highest BCUT2D eigenvalue weighted by atomic mass is 16.7. The predicted octanol–water partition coefficient (Wildman–Crippen LogP) is 1.56. The number of ether oxygens (including phenoxy) is 2. The highest BCUT2D eigenvalue weighted by molar-refractivity contribution is 6.04. The van der Waals surface area contributed by atoms with E-state index in [1.54, 1.807) is 6.92 Å². The number of esters is 1. The van der Waals surface area contributed by atoms with E-state index in [1.807, 2.05) is 0 Å². The molecule has 4 aliphatic carbocycles. The number of fused-ring (bicyclic) bond motifs is 3. The topological polar surface area (TPSA) is 134 Å². The van der Waals surface area contributed by atoms with Crippen molar-refractivity contribution in [1.29, 1.82) is 0 Å². The maximum Gasteiger partial charge on any atom is 0.322 e. The zero-order valence-corrected chi connectivity index (χ0v) is 20.5. The summed E-state index contributed by atoms with van der Waals surface area (Å²) in [6.07, 6.45) is 0.182. The Bertz CT molecular complexity index is 841. The molecule has 192 valence electrons. The first-order valence-electron chi connectivity index (χ1n) is 13.0. The van der Waals surface area contributed by atoms with Gasteiger partial charge in [0.15, 0.2) is 0 Å². The second kappa shape index (κ2) is 8.23. The van der Waals surface area contributed by atoms with Crippen LogP contribution >= 0.6 is 0 Å². The van der Waals surface area contributed by atoms with Crippen LogP contribution in [-0.2, 0) is 19.1 Å². The zero-order valence-electron chi connectivity index (χ0n) is 20.5. The maximum atomic E-state index is 13.7. The van der Waals surface area contributed by atoms with Crippen LogP contribution in [0.3, 0.4) is 0 Å². The fourth-order valence-corrected chi connectivity index (χ4v) is 9.17. The summed E-state index contributed by atoms with van der Waals surface area (Å²) in [7, 11) is 0. The summed E-state index contributed by atoms with van der Waals surface area (Å²) in [4.78, 5) is 27.0. The minimum absolute atomic E-state index is 0.144. The highest BCUT2D eigenvalue weighted by Crippen LogP contribution is 2.72. The second-order valence-electron chi connectivity index (χ2n) is 12.5. The molecule has 1 spiro atoms. The highest BCUT2D eigenvalue weighted by Gasteiger charge is 2.68. The predicted molar refractivity (Wildman–Crippen MR) is 120 cm³/mol. The largest absolute Gasteiger partial charge is 0.432 e. The van der Waals surface area contributed by atoms with Crippen LogP contribution < -0.4 is 0 Å². The molecule has 5 aliphatic rings. The van der Waals surface area contributed by atoms with Gasteiger partial charge in [-0.25, -0.2) is 0 Å². The van der Waals surface area contributed by atoms with E-state index < -0.39 is 48.7 Å². The normalized spacial score (nSPS) is 54.8. The Morgan fingerprint density at radius 2 is 1.76 bits per heavy atom. The number of carbonyl (C=O) groups excluding carboxylic acids is 2. The van der Waals surface area contributed by atoms with Crippen molar-refractivity contribution < 1.29 is 39.5 Å². The molecule has 1 saturated heterocycles. The van der Waals surface area contributed by atoms with E-state index in [0.29, 0.717) is 17.8 Å². The van der Waals surface area contributed by atoms with Crippen LogP contribution in [0.25, 0.3) is 0 Å². The average Bonchev–Trinajstić information content (AvgIpc) is 3.04. The molecule has 1 unspecified atom stereocenters. The van der Waals surface area contributed by atoms with Gasteiger partial charge < -0.3 is 29.9 Å². The Hall–Kier alpha value is -1.06. The quantitative estimate of drug-likeness (QED) is 0.353. The molecular formula is C26H40O8. The number of carbonyl (C=O) groups is 2. The number of aliphatic hydroxyl groups is 4. The van der Waals surface area contributed by atoms with Gasteiger partial charge >= 0.3 is 5.97 Å². The number of Topliss-reactive ketones (excluding diaryl/α,β-unsaturated/α-hetero) is 1. The smallest absolute Gasteiger partial charge is 0.322 e. The minimum atomic E-state index is -1.68. The average molecular weight is 481 g/mol. The molecule has 4 saturated carbocycles. The molecular weight excluding hydrogens is 440 g/mol. The summed E-state index contributed by atoms with van der Waals surface area (Å²) in [5.74, 6) is 0.951. The SMILES string of the molecule is C[C@@H]1C[C@]23CC[C@H]4C(C)(C(=O)O[C@@H]5O[C@H](CO)[C@@H](O)[C@H](O)[C@H]5O)C(=O)CC[C@]4(C)[C@H]2CC[C@@H]1C3. The second-order valence-corrected chi connectivity index (χ2v) is 12.5. The van der Waals surface area contributed by atoms with Crippen molar-refractivity contribution in [2.45, 2.75) is 103 Å². The van der Waals surface area contributed by atoms with Gasteiger partial charge in [-0.15, -0.1) is 0 Å². The number of rotatable bonds is 3. The summed E-state index contributed by atoms with van der Waals surface area (Å²) < 4.78 is 11.0. The van der Waals surface area contributed by atoms with Crippen LogP contribution in [-0.4, -0.2) is 69.5 Å². The number of ketones is 1. The van der Waals surface area contributed by atoms with Crippen LogP contribution in [0.2, 0.25) is 0 Å². The van der Waals surface area contributed by atoms with E-state index >= 15 is 0 Å². The van der Waals surface area contributed by atoms with Crippen molar-refractivity contribution in [1.82, 2.24) is 0 Å². The third-order valence-electron chi connectivity index (χ3n) is 11.0. The van der Waals surface area contributed by atoms with E-state index in [2.05, 4.69) is 13.8 Å². The van der Waals surface area contributed by atoms with Crippen LogP contribution in [0.15, 0.2) is 0 Å². The van der Waals surface area contributed by atoms with Crippen LogP contribution in [0, 0.1) is 39.9 Å². The van der Waals surface area contributed by atoms with Gasteiger partial charge in [-0.3, -0.25) is 9.59 Å². The van der Waals surface area contributed by atoms with Crippen LogP contribution in [0.4, 0.5) is 0 Å². The Labute approximate surface area is 201 Å². The van der Waals surface area contributed by atoms with Gasteiger partial charge in [-0.1, -0.05) is 13.8 Å². The lowest BCUT2D eigenvalue weighted by molar-refractivity contribution is -0.296. The molecule has 12 atom stereocenters. The van der Waals surface area contributed by atoms with Gasteiger partial charge in [-0.05, 0) is 86.4 Å². The Morgan fingerprint density at radius 1 is 1.03 bits per heavy atom. The molecule has 0 amide bonds. The Kier molecular flexibility index (Phi) is 5.96. The van der Waals surface area contributed by atoms with Crippen molar-refractivity contribution in [2.24, 2.45) is 39.9 Å². The lowest BCUT2D eigenvalue weighted by Gasteiger charge is -2.63. The third-order valence-corrected chi connectivity index (χ3v) is 11.0. The first-order valence-corrected chi connectivity index (χ1v) is 13.0. The molecule has 8 nitrogen and oxygen atoms in total. The van der Waals surface area contributed by atoms with Gasteiger partial charge in [0, 0.05) is 6.42 Å². The summed E-state index contributed by atoms with van der Waals surface area (Å²) in [5, 5.41) is 40.0. The number of hydrogen-bond donors (Lipinski definition) is 4. The molecule has 34 heavy (non-hydrogen) atoms. The molecule has 5 fully saturated rings. The summed E-state index contributed by atoms with van der Waals surface area (Å²) in [5.41, 5.74) is -1.20. The minimum Gasteiger partial charge on any atom is -0.432 e. The standard InChI is InChI=1S/C26H40O8/c1-13-10-26-9-6-16-24(2,17(26)5-4-14(13)11-26)8-7-18(28)25(16,3)23(32)34-22-21(31)20(30)19(29)15(12-27)33-22/h13-17,19-22,27,29-31H,4-12H2,1-3H3/t13-,14-,15-,16-,17-,19-,20+,21-,22+,24+,25?,26+/m1/s1. The summed E-state index contributed by atoms with van der Waals surface area (Å²) in [6.45, 7) is 5.73. The van der Waals surface area contributed by atoms with Crippen molar-refractivity contribution in [3.8, 4) is 0 Å². The van der Waals surface area contributed by atoms with E-state index in [4.69, 9.17) is 9.47 Å². The fraction of sp³-hybridized carbons (Fsp3) is 0.923. The van der Waals surface area contributed by atoms with E-state index in [1.165, 1.54) is 19.3 Å². The lowest BCUT2D eigenvalue weighted by Crippen LogP contribution is -2.63.